The van der Waals surface area contributed by atoms with Crippen LogP contribution < -0.4 is 5.32 Å². The maximum Gasteiger partial charge on any atom is 0.137 e. The van der Waals surface area contributed by atoms with Crippen molar-refractivity contribution in [3.63, 3.8) is 0 Å². The van der Waals surface area contributed by atoms with Crippen molar-refractivity contribution >= 4 is 11.0 Å². The first-order valence-electron chi connectivity index (χ1n) is 6.34. The SMILES string of the molecule is CNC(c1cnn(C)c1)c1cc2cccc(C)c2o1. The third-order valence-corrected chi connectivity index (χ3v) is 3.39. The summed E-state index contributed by atoms with van der Waals surface area (Å²) in [7, 11) is 3.84. The summed E-state index contributed by atoms with van der Waals surface area (Å²) in [5, 5.41) is 8.64. The van der Waals surface area contributed by atoms with Gasteiger partial charge in [-0.15, -0.1) is 0 Å². The van der Waals surface area contributed by atoms with Gasteiger partial charge in [0.05, 0.1) is 12.2 Å². The number of benzene rings is 1. The van der Waals surface area contributed by atoms with Crippen molar-refractivity contribution in [1.29, 1.82) is 0 Å². The molecule has 1 unspecified atom stereocenters. The molecular weight excluding hydrogens is 238 g/mol. The Hall–Kier alpha value is -2.07. The molecule has 0 saturated carbocycles. The number of aromatic nitrogens is 2. The molecule has 0 spiro atoms. The van der Waals surface area contributed by atoms with Crippen molar-refractivity contribution in [2.45, 2.75) is 13.0 Å². The first kappa shape index (κ1) is 12.0. The summed E-state index contributed by atoms with van der Waals surface area (Å²) in [6, 6.07) is 8.31. The van der Waals surface area contributed by atoms with Crippen LogP contribution >= 0.6 is 0 Å². The lowest BCUT2D eigenvalue weighted by Gasteiger charge is -2.10. The minimum atomic E-state index is 0.0282. The van der Waals surface area contributed by atoms with Gasteiger partial charge in [-0.25, -0.2) is 0 Å². The van der Waals surface area contributed by atoms with Gasteiger partial charge in [0.25, 0.3) is 0 Å². The van der Waals surface area contributed by atoms with Crippen LogP contribution in [0.4, 0.5) is 0 Å². The molecule has 0 saturated heterocycles. The largest absolute Gasteiger partial charge is 0.459 e. The zero-order chi connectivity index (χ0) is 13.4. The van der Waals surface area contributed by atoms with Crippen molar-refractivity contribution in [2.24, 2.45) is 7.05 Å². The molecule has 4 nitrogen and oxygen atoms in total. The van der Waals surface area contributed by atoms with Crippen LogP contribution in [0.1, 0.15) is 22.9 Å². The van der Waals surface area contributed by atoms with E-state index in [1.165, 1.54) is 0 Å². The smallest absolute Gasteiger partial charge is 0.137 e. The maximum absolute atomic E-state index is 6.02. The van der Waals surface area contributed by atoms with E-state index in [4.69, 9.17) is 4.42 Å². The van der Waals surface area contributed by atoms with Gasteiger partial charge in [-0.3, -0.25) is 4.68 Å². The molecule has 0 aliphatic rings. The van der Waals surface area contributed by atoms with Gasteiger partial charge in [-0.1, -0.05) is 18.2 Å². The fraction of sp³-hybridized carbons (Fsp3) is 0.267. The highest BCUT2D eigenvalue weighted by atomic mass is 16.3. The average Bonchev–Trinajstić information content (AvgIpc) is 2.98. The average molecular weight is 255 g/mol. The van der Waals surface area contributed by atoms with Gasteiger partial charge in [0, 0.05) is 24.2 Å². The van der Waals surface area contributed by atoms with E-state index in [0.717, 1.165) is 27.9 Å². The van der Waals surface area contributed by atoms with E-state index in [1.807, 2.05) is 26.5 Å². The molecule has 0 aliphatic carbocycles. The molecule has 98 valence electrons. The molecule has 2 aromatic heterocycles. The highest BCUT2D eigenvalue weighted by molar-refractivity contribution is 5.81. The zero-order valence-electron chi connectivity index (χ0n) is 11.3. The monoisotopic (exact) mass is 255 g/mol. The summed E-state index contributed by atoms with van der Waals surface area (Å²) in [4.78, 5) is 0. The van der Waals surface area contributed by atoms with Gasteiger partial charge in [0.1, 0.15) is 11.3 Å². The van der Waals surface area contributed by atoms with Crippen LogP contribution in [0, 0.1) is 6.92 Å². The number of hydrogen-bond donors (Lipinski definition) is 1. The Morgan fingerprint density at radius 2 is 2.21 bits per heavy atom. The predicted octanol–water partition coefficient (Wildman–Crippen LogP) is 2.78. The lowest BCUT2D eigenvalue weighted by Crippen LogP contribution is -2.16. The molecule has 1 atom stereocenters. The van der Waals surface area contributed by atoms with E-state index < -0.39 is 0 Å². The second-order valence-corrected chi connectivity index (χ2v) is 4.81. The van der Waals surface area contributed by atoms with Crippen molar-refractivity contribution in [3.05, 3.63) is 53.5 Å². The Morgan fingerprint density at radius 3 is 2.84 bits per heavy atom. The highest BCUT2D eigenvalue weighted by Gasteiger charge is 2.18. The number of para-hydroxylation sites is 1. The quantitative estimate of drug-likeness (QED) is 0.782. The van der Waals surface area contributed by atoms with Crippen LogP contribution in [-0.4, -0.2) is 16.8 Å². The second kappa shape index (κ2) is 4.55. The molecule has 1 aromatic carbocycles. The molecule has 2 heterocycles. The maximum atomic E-state index is 6.02. The molecule has 0 fully saturated rings. The molecule has 0 bridgehead atoms. The Labute approximate surface area is 112 Å². The lowest BCUT2D eigenvalue weighted by molar-refractivity contribution is 0.490. The van der Waals surface area contributed by atoms with Crippen molar-refractivity contribution in [2.75, 3.05) is 7.05 Å². The number of nitrogens with zero attached hydrogens (tertiary/aromatic N) is 2. The Morgan fingerprint density at radius 1 is 1.37 bits per heavy atom. The van der Waals surface area contributed by atoms with Crippen LogP contribution in [0.5, 0.6) is 0 Å². The van der Waals surface area contributed by atoms with Gasteiger partial charge >= 0.3 is 0 Å². The summed E-state index contributed by atoms with van der Waals surface area (Å²) in [5.41, 5.74) is 3.22. The van der Waals surface area contributed by atoms with Crippen molar-refractivity contribution < 1.29 is 4.42 Å². The number of rotatable bonds is 3. The molecule has 3 aromatic rings. The molecule has 1 N–H and O–H groups in total. The van der Waals surface area contributed by atoms with Crippen molar-refractivity contribution in [3.8, 4) is 0 Å². The molecular formula is C15H17N3O. The Kier molecular flexibility index (Phi) is 2.87. The van der Waals surface area contributed by atoms with Crippen LogP contribution in [0.15, 0.2) is 41.1 Å². The number of furan rings is 1. The second-order valence-electron chi connectivity index (χ2n) is 4.81. The molecule has 19 heavy (non-hydrogen) atoms. The number of nitrogens with one attached hydrogen (secondary N) is 1. The highest BCUT2D eigenvalue weighted by Crippen LogP contribution is 2.29. The van der Waals surface area contributed by atoms with Crippen LogP contribution in [0.25, 0.3) is 11.0 Å². The van der Waals surface area contributed by atoms with Gasteiger partial charge in [0.2, 0.25) is 0 Å². The Balaban J connectivity index is 2.09. The first-order valence-corrected chi connectivity index (χ1v) is 6.34. The first-order chi connectivity index (χ1) is 9.19. The normalized spacial score (nSPS) is 13.0. The number of fused-ring (bicyclic) bond motifs is 1. The lowest BCUT2D eigenvalue weighted by atomic mass is 10.1. The summed E-state index contributed by atoms with van der Waals surface area (Å²) >= 11 is 0. The standard InChI is InChI=1S/C15H17N3O/c1-10-5-4-6-11-7-13(19-15(10)11)14(16-2)12-8-17-18(3)9-12/h4-9,14,16H,1-3H3. The predicted molar refractivity (Wildman–Crippen MR) is 75.1 cm³/mol. The van der Waals surface area contributed by atoms with Gasteiger partial charge < -0.3 is 9.73 Å². The van der Waals surface area contributed by atoms with Gasteiger partial charge in [-0.05, 0) is 25.6 Å². The van der Waals surface area contributed by atoms with E-state index in [1.54, 1.807) is 4.68 Å². The third-order valence-electron chi connectivity index (χ3n) is 3.39. The van der Waals surface area contributed by atoms with Gasteiger partial charge in [-0.2, -0.15) is 5.10 Å². The summed E-state index contributed by atoms with van der Waals surface area (Å²) < 4.78 is 7.82. The molecule has 3 rings (SSSR count). The minimum Gasteiger partial charge on any atom is -0.459 e. The van der Waals surface area contributed by atoms with Crippen LogP contribution in [-0.2, 0) is 7.05 Å². The summed E-state index contributed by atoms with van der Waals surface area (Å²) in [6.07, 6.45) is 3.86. The number of aryl methyl sites for hydroxylation is 2. The van der Waals surface area contributed by atoms with E-state index in [0.29, 0.717) is 0 Å². The fourth-order valence-electron chi connectivity index (χ4n) is 2.43. The molecule has 4 heteroatoms. The summed E-state index contributed by atoms with van der Waals surface area (Å²) in [6.45, 7) is 2.06. The third kappa shape index (κ3) is 2.04. The molecule has 0 radical (unpaired) electrons. The number of hydrogen-bond acceptors (Lipinski definition) is 3. The van der Waals surface area contributed by atoms with Crippen LogP contribution in [0.3, 0.4) is 0 Å². The Bertz CT molecular complexity index is 711. The van der Waals surface area contributed by atoms with E-state index in [9.17, 15) is 0 Å². The van der Waals surface area contributed by atoms with E-state index in [2.05, 4.69) is 41.6 Å². The molecule has 0 aliphatic heterocycles. The minimum absolute atomic E-state index is 0.0282. The van der Waals surface area contributed by atoms with Crippen LogP contribution in [0.2, 0.25) is 0 Å². The van der Waals surface area contributed by atoms with E-state index >= 15 is 0 Å². The van der Waals surface area contributed by atoms with E-state index in [-0.39, 0.29) is 6.04 Å². The topological polar surface area (TPSA) is 43.0 Å². The van der Waals surface area contributed by atoms with Crippen molar-refractivity contribution in [1.82, 2.24) is 15.1 Å². The molecule has 0 amide bonds. The fourth-order valence-corrected chi connectivity index (χ4v) is 2.43. The summed E-state index contributed by atoms with van der Waals surface area (Å²) in [5.74, 6) is 0.916. The van der Waals surface area contributed by atoms with Gasteiger partial charge in [0.15, 0.2) is 0 Å². The zero-order valence-corrected chi connectivity index (χ0v) is 11.3.